The van der Waals surface area contributed by atoms with Crippen molar-refractivity contribution in [1.82, 2.24) is 0 Å². The van der Waals surface area contributed by atoms with Crippen LogP contribution >= 0.6 is 11.3 Å². The van der Waals surface area contributed by atoms with Gasteiger partial charge in [-0.05, 0) is 62.0 Å². The van der Waals surface area contributed by atoms with Crippen LogP contribution in [0.3, 0.4) is 0 Å². The first-order valence-corrected chi connectivity index (χ1v) is 12.3. The number of carboxylic acids is 1. The van der Waals surface area contributed by atoms with E-state index in [1.165, 1.54) is 15.0 Å². The van der Waals surface area contributed by atoms with Gasteiger partial charge in [-0.1, -0.05) is 37.5 Å². The first-order valence-electron chi connectivity index (χ1n) is 11.5. The van der Waals surface area contributed by atoms with E-state index in [0.29, 0.717) is 25.7 Å². The van der Waals surface area contributed by atoms with Crippen molar-refractivity contribution in [2.24, 2.45) is 11.8 Å². The summed E-state index contributed by atoms with van der Waals surface area (Å²) in [6.45, 7) is 0. The van der Waals surface area contributed by atoms with Gasteiger partial charge in [-0.2, -0.15) is 0 Å². The molecule has 1 saturated carbocycles. The second kappa shape index (κ2) is 11.7. The fourth-order valence-corrected chi connectivity index (χ4v) is 5.86. The number of hydrogen-bond acceptors (Lipinski definition) is 5. The predicted octanol–water partition coefficient (Wildman–Crippen LogP) is 4.97. The van der Waals surface area contributed by atoms with E-state index in [4.69, 9.17) is 5.11 Å². The van der Waals surface area contributed by atoms with E-state index in [2.05, 4.69) is 18.2 Å². The molecule has 3 N–H and O–H groups in total. The van der Waals surface area contributed by atoms with Gasteiger partial charge in [-0.3, -0.25) is 9.59 Å². The molecule has 1 fully saturated rings. The molecule has 170 valence electrons. The number of carboxylic acid groups (broad SMARTS) is 1. The molecular formula is C25H34O5S. The largest absolute Gasteiger partial charge is 0.481 e. The van der Waals surface area contributed by atoms with E-state index < -0.39 is 18.2 Å². The quantitative estimate of drug-likeness (QED) is 0.378. The molecule has 0 spiro atoms. The third kappa shape index (κ3) is 7.13. The highest BCUT2D eigenvalue weighted by atomic mass is 32.1. The van der Waals surface area contributed by atoms with Crippen molar-refractivity contribution in [3.05, 3.63) is 35.2 Å². The summed E-state index contributed by atoms with van der Waals surface area (Å²) in [5.41, 5.74) is 0. The van der Waals surface area contributed by atoms with E-state index in [1.54, 1.807) is 11.3 Å². The molecule has 0 aliphatic heterocycles. The van der Waals surface area contributed by atoms with E-state index in [9.17, 15) is 19.8 Å². The number of thiophene rings is 1. The molecule has 0 saturated heterocycles. The molecule has 2 aromatic rings. The number of hydrogen-bond donors (Lipinski definition) is 3. The van der Waals surface area contributed by atoms with Crippen LogP contribution in [0.4, 0.5) is 0 Å². The van der Waals surface area contributed by atoms with Gasteiger partial charge in [0.15, 0.2) is 0 Å². The van der Waals surface area contributed by atoms with Crippen molar-refractivity contribution in [3.63, 3.8) is 0 Å². The normalized spacial score (nSPS) is 22.3. The number of unbranched alkanes of at least 4 members (excludes halogenated alkanes) is 3. The number of aryl methyl sites for hydroxylation is 1. The second-order valence-corrected chi connectivity index (χ2v) is 10.0. The van der Waals surface area contributed by atoms with Crippen molar-refractivity contribution in [1.29, 1.82) is 0 Å². The third-order valence-corrected chi connectivity index (χ3v) is 7.70. The molecule has 1 aliphatic carbocycles. The maximum atomic E-state index is 12.4. The van der Waals surface area contributed by atoms with Crippen LogP contribution in [0, 0.1) is 11.8 Å². The van der Waals surface area contributed by atoms with Crippen LogP contribution in [0.15, 0.2) is 30.3 Å². The highest BCUT2D eigenvalue weighted by Crippen LogP contribution is 2.37. The third-order valence-electron chi connectivity index (χ3n) is 6.52. The van der Waals surface area contributed by atoms with Crippen LogP contribution in [0.25, 0.3) is 10.1 Å². The Labute approximate surface area is 188 Å². The Kier molecular flexibility index (Phi) is 9.05. The van der Waals surface area contributed by atoms with Crippen LogP contribution in [0.5, 0.6) is 0 Å². The lowest BCUT2D eigenvalue weighted by Gasteiger charge is -2.22. The molecule has 1 aromatic heterocycles. The van der Waals surface area contributed by atoms with Crippen molar-refractivity contribution >= 4 is 33.2 Å². The minimum atomic E-state index is -0.761. The lowest BCUT2D eigenvalue weighted by Crippen LogP contribution is -2.22. The summed E-state index contributed by atoms with van der Waals surface area (Å²) < 4.78 is 1.27. The lowest BCUT2D eigenvalue weighted by atomic mass is 9.85. The van der Waals surface area contributed by atoms with Gasteiger partial charge in [0.1, 0.15) is 5.78 Å². The fraction of sp³-hybridized carbons (Fsp3) is 0.600. The summed E-state index contributed by atoms with van der Waals surface area (Å²) in [5.74, 6) is -0.822. The molecule has 1 aromatic carbocycles. The fourth-order valence-electron chi connectivity index (χ4n) is 4.78. The Hall–Kier alpha value is -1.76. The molecule has 0 unspecified atom stereocenters. The summed E-state index contributed by atoms with van der Waals surface area (Å²) in [4.78, 5) is 24.2. The molecule has 5 nitrogen and oxygen atoms in total. The highest BCUT2D eigenvalue weighted by Gasteiger charge is 2.40. The van der Waals surface area contributed by atoms with E-state index in [1.807, 2.05) is 12.1 Å². The Balaban J connectivity index is 1.40. The average molecular weight is 447 g/mol. The van der Waals surface area contributed by atoms with Crippen LogP contribution < -0.4 is 0 Å². The van der Waals surface area contributed by atoms with Crippen molar-refractivity contribution in [2.75, 3.05) is 0 Å². The minimum Gasteiger partial charge on any atom is -0.481 e. The van der Waals surface area contributed by atoms with Crippen molar-refractivity contribution < 1.29 is 24.9 Å². The lowest BCUT2D eigenvalue weighted by molar-refractivity contribution is -0.137. The molecule has 1 aliphatic rings. The number of aliphatic hydroxyl groups excluding tert-OH is 2. The Morgan fingerprint density at radius 1 is 1.10 bits per heavy atom. The second-order valence-electron chi connectivity index (χ2n) is 8.88. The standard InChI is InChI=1S/C25H34O5S/c26-18(11-13-19-15-17-7-5-6-9-24(17)31-19)12-14-21-20(22(27)16-23(21)28)8-3-1-2-4-10-25(29)30/h5-7,9,15,18,20-22,26-27H,1-4,8,10-14,16H2,(H,29,30)/t18-,20+,21+,22+/m0/s1. The van der Waals surface area contributed by atoms with E-state index in [-0.39, 0.29) is 30.5 Å². The molecule has 3 rings (SSSR count). The van der Waals surface area contributed by atoms with Gasteiger partial charge < -0.3 is 15.3 Å². The molecule has 6 heteroatoms. The zero-order valence-corrected chi connectivity index (χ0v) is 18.9. The van der Waals surface area contributed by atoms with Gasteiger partial charge in [0, 0.05) is 28.3 Å². The molecular weight excluding hydrogens is 412 g/mol. The molecule has 0 bridgehead atoms. The van der Waals surface area contributed by atoms with Crippen molar-refractivity contribution in [2.45, 2.75) is 82.8 Å². The first kappa shape index (κ1) is 23.9. The molecule has 0 amide bonds. The Morgan fingerprint density at radius 3 is 2.65 bits per heavy atom. The Bertz CT molecular complexity index is 827. The predicted molar refractivity (Wildman–Crippen MR) is 123 cm³/mol. The van der Waals surface area contributed by atoms with Gasteiger partial charge >= 0.3 is 5.97 Å². The van der Waals surface area contributed by atoms with Gasteiger partial charge in [0.2, 0.25) is 0 Å². The van der Waals surface area contributed by atoms with Crippen molar-refractivity contribution in [3.8, 4) is 0 Å². The molecule has 4 atom stereocenters. The van der Waals surface area contributed by atoms with Crippen LogP contribution in [0.2, 0.25) is 0 Å². The molecule has 1 heterocycles. The number of fused-ring (bicyclic) bond motifs is 1. The number of Topliss-reactive ketones (excluding diaryl/α,β-unsaturated/α-hetero) is 1. The number of aliphatic carboxylic acids is 1. The summed E-state index contributed by atoms with van der Waals surface area (Å²) in [6, 6.07) is 10.5. The number of ketones is 1. The van der Waals surface area contributed by atoms with Gasteiger partial charge in [-0.15, -0.1) is 11.3 Å². The van der Waals surface area contributed by atoms with Gasteiger partial charge in [0.25, 0.3) is 0 Å². The maximum Gasteiger partial charge on any atom is 0.303 e. The van der Waals surface area contributed by atoms with Crippen LogP contribution in [0.1, 0.15) is 69.1 Å². The van der Waals surface area contributed by atoms with Gasteiger partial charge in [0.05, 0.1) is 12.2 Å². The summed E-state index contributed by atoms with van der Waals surface area (Å²) >= 11 is 1.77. The van der Waals surface area contributed by atoms with Crippen LogP contribution in [-0.2, 0) is 16.0 Å². The van der Waals surface area contributed by atoms with E-state index in [0.717, 1.165) is 32.1 Å². The summed E-state index contributed by atoms with van der Waals surface area (Å²) in [6.07, 6.45) is 6.32. The zero-order valence-electron chi connectivity index (χ0n) is 18.0. The average Bonchev–Trinajstić information content (AvgIpc) is 3.27. The number of rotatable bonds is 13. The SMILES string of the molecule is O=C(O)CCCCCC[C@H]1[C@H](O)CC(=O)[C@@H]1CC[C@@H](O)CCc1cc2ccccc2s1. The highest BCUT2D eigenvalue weighted by molar-refractivity contribution is 7.19. The summed E-state index contributed by atoms with van der Waals surface area (Å²) in [7, 11) is 0. The van der Waals surface area contributed by atoms with Gasteiger partial charge in [-0.25, -0.2) is 0 Å². The smallest absolute Gasteiger partial charge is 0.303 e. The topological polar surface area (TPSA) is 94.8 Å². The Morgan fingerprint density at radius 2 is 1.87 bits per heavy atom. The van der Waals surface area contributed by atoms with E-state index >= 15 is 0 Å². The number of carbonyl (C=O) groups excluding carboxylic acids is 1. The minimum absolute atomic E-state index is 0.0261. The number of benzene rings is 1. The number of aliphatic hydroxyl groups is 2. The molecule has 31 heavy (non-hydrogen) atoms. The number of carbonyl (C=O) groups is 2. The zero-order chi connectivity index (χ0) is 22.2. The first-order chi connectivity index (χ1) is 14.9. The van der Waals surface area contributed by atoms with Crippen LogP contribution in [-0.4, -0.2) is 39.3 Å². The summed E-state index contributed by atoms with van der Waals surface area (Å²) in [5, 5.41) is 30.8. The molecule has 0 radical (unpaired) electrons. The maximum absolute atomic E-state index is 12.4. The monoisotopic (exact) mass is 446 g/mol.